The summed E-state index contributed by atoms with van der Waals surface area (Å²) in [4.78, 5) is 49.7. The van der Waals surface area contributed by atoms with Crippen LogP contribution in [0, 0.1) is 5.41 Å². The molecule has 216 valence electrons. The number of nitrogens with one attached hydrogen (secondary N) is 4. The molecule has 3 aromatic carbocycles. The van der Waals surface area contributed by atoms with E-state index in [0.717, 1.165) is 19.6 Å². The smallest absolute Gasteiger partial charge is 0.255 e. The fourth-order valence-electron chi connectivity index (χ4n) is 3.89. The number of amides is 4. The minimum absolute atomic E-state index is 0.0795. The van der Waals surface area contributed by atoms with E-state index in [1.165, 1.54) is 0 Å². The van der Waals surface area contributed by atoms with E-state index in [0.29, 0.717) is 46.7 Å². The van der Waals surface area contributed by atoms with Gasteiger partial charge in [0.15, 0.2) is 0 Å². The van der Waals surface area contributed by atoms with E-state index in [9.17, 15) is 19.2 Å². The van der Waals surface area contributed by atoms with Crippen molar-refractivity contribution in [2.75, 3.05) is 42.1 Å². The summed E-state index contributed by atoms with van der Waals surface area (Å²) in [6.07, 6.45) is 0.394. The quantitative estimate of drug-likeness (QED) is 0.187. The maximum absolute atomic E-state index is 12.7. The Balaban J connectivity index is 1.48. The second-order valence-electron chi connectivity index (χ2n) is 10.9. The van der Waals surface area contributed by atoms with Gasteiger partial charge in [-0.1, -0.05) is 20.8 Å². The average molecular weight is 561 g/mol. The molecule has 3 rings (SSSR count). The van der Waals surface area contributed by atoms with Crippen molar-refractivity contribution in [1.82, 2.24) is 5.32 Å². The molecule has 0 unspecified atom stereocenters. The van der Waals surface area contributed by atoms with Gasteiger partial charge in [-0.25, -0.2) is 0 Å². The lowest BCUT2D eigenvalue weighted by atomic mass is 9.92. The van der Waals surface area contributed by atoms with Crippen molar-refractivity contribution in [1.29, 1.82) is 0 Å². The maximum atomic E-state index is 12.7. The number of hydrogen-bond acceptors (Lipinski definition) is 4. The highest BCUT2D eigenvalue weighted by atomic mass is 16.2. The molecule has 9 N–H and O–H groups in total. The Bertz CT molecular complexity index is 1330. The van der Waals surface area contributed by atoms with Gasteiger partial charge in [0.1, 0.15) is 13.1 Å². The molecule has 0 spiro atoms. The largest absolute Gasteiger partial charge is 0.353 e. The summed E-state index contributed by atoms with van der Waals surface area (Å²) in [7, 11) is 0. The lowest BCUT2D eigenvalue weighted by Crippen LogP contribution is -2.89. The molecule has 0 heterocycles. The standard InChI is InChI=1S/C31H38N6O4/c1-31(2,3)20-27(38)35-24-10-6-22(7-11-24)29(40)37-26-14-8-23(9-15-26)30(41)36-25-12-4-21(5-13-25)28(39)34-19-18-33-17-16-32/h4-15,33H,16-20,32H2,1-3H3,(H,34,39)(H,35,38)(H,36,41)(H,37,40)/p+2. The molecule has 0 aliphatic heterocycles. The van der Waals surface area contributed by atoms with E-state index in [2.05, 4.69) is 32.3 Å². The Morgan fingerprint density at radius 3 is 1.46 bits per heavy atom. The van der Waals surface area contributed by atoms with Crippen molar-refractivity contribution in [2.24, 2.45) is 5.41 Å². The molecule has 0 radical (unpaired) electrons. The van der Waals surface area contributed by atoms with Crippen LogP contribution in [0.15, 0.2) is 72.8 Å². The van der Waals surface area contributed by atoms with Gasteiger partial charge < -0.3 is 32.3 Å². The van der Waals surface area contributed by atoms with Crippen molar-refractivity contribution in [3.8, 4) is 0 Å². The maximum Gasteiger partial charge on any atom is 0.255 e. The fraction of sp³-hybridized carbons (Fsp3) is 0.290. The predicted molar refractivity (Wildman–Crippen MR) is 160 cm³/mol. The van der Waals surface area contributed by atoms with Crippen LogP contribution >= 0.6 is 0 Å². The van der Waals surface area contributed by atoms with Gasteiger partial charge in [-0.15, -0.1) is 0 Å². The zero-order valence-electron chi connectivity index (χ0n) is 23.9. The third kappa shape index (κ3) is 10.5. The first-order valence-electron chi connectivity index (χ1n) is 13.7. The first-order valence-corrected chi connectivity index (χ1v) is 13.7. The molecule has 4 amide bonds. The summed E-state index contributed by atoms with van der Waals surface area (Å²) in [6.45, 7) is 9.12. The minimum Gasteiger partial charge on any atom is -0.353 e. The van der Waals surface area contributed by atoms with Crippen LogP contribution in [0.25, 0.3) is 0 Å². The molecule has 10 nitrogen and oxygen atoms in total. The van der Waals surface area contributed by atoms with Crippen molar-refractivity contribution in [3.63, 3.8) is 0 Å². The van der Waals surface area contributed by atoms with Gasteiger partial charge >= 0.3 is 0 Å². The van der Waals surface area contributed by atoms with Crippen molar-refractivity contribution < 1.29 is 30.2 Å². The fourth-order valence-corrected chi connectivity index (χ4v) is 3.89. The lowest BCUT2D eigenvalue weighted by Gasteiger charge is -2.17. The lowest BCUT2D eigenvalue weighted by molar-refractivity contribution is -0.668. The summed E-state index contributed by atoms with van der Waals surface area (Å²) >= 11 is 0. The van der Waals surface area contributed by atoms with Gasteiger partial charge in [0.2, 0.25) is 5.91 Å². The van der Waals surface area contributed by atoms with E-state index in [1.807, 2.05) is 20.8 Å². The number of anilines is 3. The molecule has 0 atom stereocenters. The number of hydrogen-bond donors (Lipinski definition) is 6. The first-order chi connectivity index (χ1) is 19.5. The molecule has 0 aliphatic carbocycles. The van der Waals surface area contributed by atoms with Crippen molar-refractivity contribution >= 4 is 40.7 Å². The molecule has 0 fully saturated rings. The van der Waals surface area contributed by atoms with Gasteiger partial charge in [0.25, 0.3) is 17.7 Å². The molecule has 41 heavy (non-hydrogen) atoms. The van der Waals surface area contributed by atoms with Gasteiger partial charge in [0, 0.05) is 40.2 Å². The Labute approximate surface area is 240 Å². The first kappa shape index (κ1) is 31.0. The molecule has 10 heteroatoms. The third-order valence-corrected chi connectivity index (χ3v) is 5.97. The molecule has 0 aliphatic rings. The van der Waals surface area contributed by atoms with Crippen LogP contribution in [0.1, 0.15) is 58.3 Å². The number of benzene rings is 3. The summed E-state index contributed by atoms with van der Waals surface area (Å²) in [5.41, 5.74) is 6.75. The summed E-state index contributed by atoms with van der Waals surface area (Å²) in [5.74, 6) is -0.869. The van der Waals surface area contributed by atoms with Gasteiger partial charge in [-0.3, -0.25) is 19.2 Å². The van der Waals surface area contributed by atoms with Crippen LogP contribution in [-0.4, -0.2) is 49.8 Å². The Morgan fingerprint density at radius 1 is 0.634 bits per heavy atom. The van der Waals surface area contributed by atoms with E-state index in [4.69, 9.17) is 0 Å². The van der Waals surface area contributed by atoms with E-state index >= 15 is 0 Å². The molecule has 3 aromatic rings. The molecule has 0 aromatic heterocycles. The number of rotatable bonds is 12. The number of nitrogens with two attached hydrogens (primary N) is 1. The van der Waals surface area contributed by atoms with Crippen molar-refractivity contribution in [3.05, 3.63) is 89.5 Å². The second kappa shape index (κ2) is 14.7. The van der Waals surface area contributed by atoms with E-state index in [1.54, 1.807) is 72.8 Å². The third-order valence-electron chi connectivity index (χ3n) is 5.97. The number of carbonyl (C=O) groups excluding carboxylic acids is 4. The van der Waals surface area contributed by atoms with Gasteiger partial charge in [-0.05, 0) is 78.2 Å². The molecular weight excluding hydrogens is 520 g/mol. The topological polar surface area (TPSA) is 161 Å². The monoisotopic (exact) mass is 560 g/mol. The number of carbonyl (C=O) groups is 4. The average Bonchev–Trinajstić information content (AvgIpc) is 2.93. The van der Waals surface area contributed by atoms with Crippen LogP contribution in [0.5, 0.6) is 0 Å². The zero-order chi connectivity index (χ0) is 29.8. The highest BCUT2D eigenvalue weighted by Gasteiger charge is 2.16. The summed E-state index contributed by atoms with van der Waals surface area (Å²) in [5, 5.41) is 13.4. The number of quaternary nitrogens is 2. The zero-order valence-corrected chi connectivity index (χ0v) is 23.9. The Kier molecular flexibility index (Phi) is 11.1. The minimum atomic E-state index is -0.315. The van der Waals surface area contributed by atoms with Crippen LogP contribution in [0.2, 0.25) is 0 Å². The van der Waals surface area contributed by atoms with Crippen LogP contribution in [0.3, 0.4) is 0 Å². The normalized spacial score (nSPS) is 10.9. The van der Waals surface area contributed by atoms with Crippen LogP contribution in [0.4, 0.5) is 17.1 Å². The molecule has 0 saturated carbocycles. The Hall–Kier alpha value is -4.54. The van der Waals surface area contributed by atoms with Gasteiger partial charge in [-0.2, -0.15) is 0 Å². The Morgan fingerprint density at radius 2 is 1.05 bits per heavy atom. The molecular formula is C31H40N6O4+2. The van der Waals surface area contributed by atoms with Gasteiger partial charge in [0.05, 0.1) is 13.1 Å². The van der Waals surface area contributed by atoms with Crippen LogP contribution < -0.4 is 32.3 Å². The summed E-state index contributed by atoms with van der Waals surface area (Å²) in [6, 6.07) is 19.9. The molecule has 0 saturated heterocycles. The van der Waals surface area contributed by atoms with E-state index in [-0.39, 0.29) is 29.0 Å². The SMILES string of the molecule is CC(C)(C)CC(=O)Nc1ccc(C(=O)Nc2ccc(C(=O)Nc3ccc(C(=O)NCC[NH2+]CC[NH3+])cc3)cc2)cc1. The highest BCUT2D eigenvalue weighted by Crippen LogP contribution is 2.20. The van der Waals surface area contributed by atoms with Crippen molar-refractivity contribution in [2.45, 2.75) is 27.2 Å². The predicted octanol–water partition coefficient (Wildman–Crippen LogP) is 2.10. The highest BCUT2D eigenvalue weighted by molar-refractivity contribution is 6.06. The second-order valence-corrected chi connectivity index (χ2v) is 10.9. The summed E-state index contributed by atoms with van der Waals surface area (Å²) < 4.78 is 0. The van der Waals surface area contributed by atoms with E-state index < -0.39 is 0 Å². The van der Waals surface area contributed by atoms with Crippen LogP contribution in [-0.2, 0) is 4.79 Å². The molecule has 0 bridgehead atoms.